The molecule has 0 spiro atoms. The van der Waals surface area contributed by atoms with Gasteiger partial charge in [-0.3, -0.25) is 0 Å². The zero-order valence-electron chi connectivity index (χ0n) is 20.3. The van der Waals surface area contributed by atoms with Crippen molar-refractivity contribution in [3.63, 3.8) is 0 Å². The topological polar surface area (TPSA) is 9.23 Å². The molecule has 0 saturated carbocycles. The summed E-state index contributed by atoms with van der Waals surface area (Å²) in [7, 11) is 1.70. The van der Waals surface area contributed by atoms with Crippen molar-refractivity contribution in [1.82, 2.24) is 0 Å². The lowest BCUT2D eigenvalue weighted by Crippen LogP contribution is -1.99. The van der Waals surface area contributed by atoms with Gasteiger partial charge in [0.25, 0.3) is 0 Å². The van der Waals surface area contributed by atoms with E-state index in [1.165, 1.54) is 27.8 Å². The first-order chi connectivity index (χ1) is 17.8. The maximum absolute atomic E-state index is 5.47. The molecule has 0 aliphatic heterocycles. The smallest absolute Gasteiger partial charge is 0.118 e. The Labute approximate surface area is 213 Å². The van der Waals surface area contributed by atoms with Crippen LogP contribution in [0.1, 0.15) is 27.8 Å². The van der Waals surface area contributed by atoms with E-state index in [0.717, 1.165) is 22.4 Å². The average Bonchev–Trinajstić information content (AvgIpc) is 2.97. The van der Waals surface area contributed by atoms with Crippen molar-refractivity contribution in [3.05, 3.63) is 173 Å². The zero-order chi connectivity index (χ0) is 24.6. The second-order valence-corrected chi connectivity index (χ2v) is 8.55. The molecule has 0 aromatic heterocycles. The van der Waals surface area contributed by atoms with Crippen molar-refractivity contribution >= 4 is 22.8 Å². The van der Waals surface area contributed by atoms with E-state index in [-0.39, 0.29) is 0 Å². The van der Waals surface area contributed by atoms with Crippen LogP contribution in [0, 0.1) is 0 Å². The predicted molar refractivity (Wildman–Crippen MR) is 153 cm³/mol. The van der Waals surface area contributed by atoms with Gasteiger partial charge < -0.3 is 4.74 Å². The summed E-state index contributed by atoms with van der Waals surface area (Å²) in [6.45, 7) is 0. The number of rotatable bonds is 7. The van der Waals surface area contributed by atoms with Crippen LogP contribution in [0.25, 0.3) is 22.8 Å². The Hall–Kier alpha value is -4.62. The van der Waals surface area contributed by atoms with Gasteiger partial charge in [-0.15, -0.1) is 0 Å². The second kappa shape index (κ2) is 11.2. The number of benzene rings is 5. The molecule has 0 N–H and O–H groups in total. The Morgan fingerprint density at radius 1 is 0.472 bits per heavy atom. The third kappa shape index (κ3) is 5.21. The van der Waals surface area contributed by atoms with Gasteiger partial charge in [-0.25, -0.2) is 0 Å². The lowest BCUT2D eigenvalue weighted by Gasteiger charge is -2.21. The molecule has 0 saturated heterocycles. The van der Waals surface area contributed by atoms with Crippen molar-refractivity contribution in [1.29, 1.82) is 0 Å². The molecule has 0 heterocycles. The van der Waals surface area contributed by atoms with Gasteiger partial charge in [0.15, 0.2) is 0 Å². The van der Waals surface area contributed by atoms with Gasteiger partial charge in [0.2, 0.25) is 0 Å². The highest BCUT2D eigenvalue weighted by Gasteiger charge is 2.19. The molecule has 0 aliphatic carbocycles. The van der Waals surface area contributed by atoms with E-state index in [2.05, 4.69) is 140 Å². The summed E-state index contributed by atoms with van der Waals surface area (Å²) in [6, 6.07) is 50.9. The second-order valence-electron chi connectivity index (χ2n) is 8.55. The normalized spacial score (nSPS) is 12.1. The lowest BCUT2D eigenvalue weighted by molar-refractivity contribution is 0.415. The van der Waals surface area contributed by atoms with E-state index >= 15 is 0 Å². The van der Waals surface area contributed by atoms with E-state index in [9.17, 15) is 0 Å². The highest BCUT2D eigenvalue weighted by Crippen LogP contribution is 2.42. The van der Waals surface area contributed by atoms with Gasteiger partial charge in [0.05, 0.1) is 7.11 Å². The first-order valence-electron chi connectivity index (χ1n) is 12.2. The Morgan fingerprint density at radius 3 is 1.44 bits per heavy atom. The van der Waals surface area contributed by atoms with Gasteiger partial charge >= 0.3 is 0 Å². The molecule has 5 aromatic rings. The van der Waals surface area contributed by atoms with E-state index in [4.69, 9.17) is 4.74 Å². The quantitative estimate of drug-likeness (QED) is 0.173. The average molecular weight is 465 g/mol. The minimum absolute atomic E-state index is 0.843. The molecule has 1 heteroatoms. The number of ether oxygens (including phenoxy) is 1. The largest absolute Gasteiger partial charge is 0.497 e. The van der Waals surface area contributed by atoms with E-state index in [0.29, 0.717) is 0 Å². The van der Waals surface area contributed by atoms with Crippen molar-refractivity contribution in [2.75, 3.05) is 7.11 Å². The highest BCUT2D eigenvalue weighted by molar-refractivity contribution is 6.21. The van der Waals surface area contributed by atoms with Gasteiger partial charge in [0, 0.05) is 0 Å². The lowest BCUT2D eigenvalue weighted by atomic mass is 9.82. The molecular formula is C35H28O. The van der Waals surface area contributed by atoms with Crippen LogP contribution < -0.4 is 4.74 Å². The Bertz CT molecular complexity index is 1450. The molecule has 174 valence electrons. The SMILES string of the molecule is COc1ccc(C(=C(C(=Cc2ccccc2)c2ccccc2)c2ccccc2)c2ccccc2)cc1. The summed E-state index contributed by atoms with van der Waals surface area (Å²) >= 11 is 0. The fourth-order valence-corrected chi connectivity index (χ4v) is 4.49. The van der Waals surface area contributed by atoms with Crippen molar-refractivity contribution in [3.8, 4) is 5.75 Å². The van der Waals surface area contributed by atoms with Crippen molar-refractivity contribution in [2.45, 2.75) is 0 Å². The zero-order valence-corrected chi connectivity index (χ0v) is 20.3. The Kier molecular flexibility index (Phi) is 7.20. The molecule has 0 unspecified atom stereocenters. The molecule has 0 radical (unpaired) electrons. The molecule has 5 aromatic carbocycles. The molecule has 1 nitrogen and oxygen atoms in total. The first-order valence-corrected chi connectivity index (χ1v) is 12.2. The number of methoxy groups -OCH3 is 1. The monoisotopic (exact) mass is 464 g/mol. The van der Waals surface area contributed by atoms with E-state index < -0.39 is 0 Å². The van der Waals surface area contributed by atoms with Gasteiger partial charge in [-0.2, -0.15) is 0 Å². The molecular weight excluding hydrogens is 436 g/mol. The third-order valence-corrected chi connectivity index (χ3v) is 6.22. The van der Waals surface area contributed by atoms with Gasteiger partial charge in [0.1, 0.15) is 5.75 Å². The summed E-state index contributed by atoms with van der Waals surface area (Å²) in [5.41, 5.74) is 9.32. The van der Waals surface area contributed by atoms with Gasteiger partial charge in [-0.1, -0.05) is 133 Å². The van der Waals surface area contributed by atoms with Crippen LogP contribution in [0.2, 0.25) is 0 Å². The number of hydrogen-bond donors (Lipinski definition) is 0. The van der Waals surface area contributed by atoms with Crippen molar-refractivity contribution < 1.29 is 4.74 Å². The van der Waals surface area contributed by atoms with Crippen LogP contribution in [-0.2, 0) is 0 Å². The fourth-order valence-electron chi connectivity index (χ4n) is 4.49. The Morgan fingerprint density at radius 2 is 0.917 bits per heavy atom. The summed E-state index contributed by atoms with van der Waals surface area (Å²) in [5.74, 6) is 0.843. The number of allylic oxidation sites excluding steroid dienone is 2. The van der Waals surface area contributed by atoms with E-state index in [1.54, 1.807) is 7.11 Å². The number of hydrogen-bond acceptors (Lipinski definition) is 1. The first kappa shape index (κ1) is 23.1. The predicted octanol–water partition coefficient (Wildman–Crippen LogP) is 8.90. The highest BCUT2D eigenvalue weighted by atomic mass is 16.5. The standard InChI is InChI=1S/C35H28O/c1-36-32-24-22-31(23-25-32)34(29-18-10-4-11-19-29)35(30-20-12-5-13-21-30)33(28-16-8-3-9-17-28)26-27-14-6-2-7-15-27/h2-26H,1H3. The molecule has 0 aliphatic rings. The molecule has 0 bridgehead atoms. The maximum atomic E-state index is 5.47. The van der Waals surface area contributed by atoms with Crippen LogP contribution >= 0.6 is 0 Å². The third-order valence-electron chi connectivity index (χ3n) is 6.22. The Balaban J connectivity index is 1.89. The fraction of sp³-hybridized carbons (Fsp3) is 0.0286. The minimum atomic E-state index is 0.843. The molecule has 36 heavy (non-hydrogen) atoms. The van der Waals surface area contributed by atoms with E-state index in [1.807, 2.05) is 12.1 Å². The summed E-state index contributed by atoms with van der Waals surface area (Å²) < 4.78 is 5.47. The van der Waals surface area contributed by atoms with Crippen molar-refractivity contribution in [2.24, 2.45) is 0 Å². The van der Waals surface area contributed by atoms with Crippen LogP contribution in [-0.4, -0.2) is 7.11 Å². The minimum Gasteiger partial charge on any atom is -0.497 e. The van der Waals surface area contributed by atoms with Crippen LogP contribution in [0.15, 0.2) is 146 Å². The summed E-state index contributed by atoms with van der Waals surface area (Å²) in [5, 5.41) is 0. The molecule has 0 fully saturated rings. The summed E-state index contributed by atoms with van der Waals surface area (Å²) in [4.78, 5) is 0. The molecule has 0 atom stereocenters. The van der Waals surface area contributed by atoms with Crippen LogP contribution in [0.5, 0.6) is 5.75 Å². The molecule has 5 rings (SSSR count). The van der Waals surface area contributed by atoms with Crippen LogP contribution in [0.3, 0.4) is 0 Å². The molecule has 0 amide bonds. The summed E-state index contributed by atoms with van der Waals surface area (Å²) in [6.07, 6.45) is 2.30. The maximum Gasteiger partial charge on any atom is 0.118 e. The van der Waals surface area contributed by atoms with Crippen LogP contribution in [0.4, 0.5) is 0 Å². The van der Waals surface area contributed by atoms with Gasteiger partial charge in [-0.05, 0) is 62.7 Å².